The molecule has 0 aromatic carbocycles. The lowest BCUT2D eigenvalue weighted by molar-refractivity contribution is -0.305. The normalized spacial score (nSPS) is 19.7. The Morgan fingerprint density at radius 2 is 0.974 bits per heavy atom. The number of amides is 1. The fourth-order valence-electron chi connectivity index (χ4n) is 9.10. The first-order valence-electron chi connectivity index (χ1n) is 31.2. The number of allylic oxidation sites excluding steroid dienone is 17. The van der Waals surface area contributed by atoms with Gasteiger partial charge in [-0.05, 0) is 77.0 Å². The first-order valence-corrected chi connectivity index (χ1v) is 31.2. The van der Waals surface area contributed by atoms with Crippen LogP contribution in [0, 0.1) is 0 Å². The third-order valence-corrected chi connectivity index (χ3v) is 14.0. The van der Waals surface area contributed by atoms with Crippen LogP contribution < -0.4 is 5.32 Å². The highest BCUT2D eigenvalue weighted by Gasteiger charge is 2.47. The first kappa shape index (κ1) is 72.3. The van der Waals surface area contributed by atoms with Crippen molar-refractivity contribution in [3.05, 3.63) is 109 Å². The molecule has 0 aliphatic carbocycles. The molecule has 8 unspecified atom stereocenters. The van der Waals surface area contributed by atoms with E-state index in [1.54, 1.807) is 6.08 Å². The molecular formula is C67H113NO10. The van der Waals surface area contributed by atoms with Crippen LogP contribution >= 0.6 is 0 Å². The zero-order valence-corrected chi connectivity index (χ0v) is 49.2. The molecule has 0 aromatic heterocycles. The Hall–Kier alpha value is -3.68. The average molecular weight is 1090 g/mol. The van der Waals surface area contributed by atoms with Gasteiger partial charge in [0.15, 0.2) is 12.4 Å². The standard InChI is InChI=1S/C67H113NO10/c1-4-7-10-13-16-19-22-25-26-27-28-29-30-31-32-33-34-35-36-37-40-43-46-49-52-55-62(72)78-65-64(74)63(73)61(56-69)77-67(65)76-57-58(59(70)53-50-47-44-41-38-23-20-17-14-11-8-5-2)68-66(75)60(71)54-51-48-45-42-39-24-21-18-15-12-9-6-3/h9,12,15-16,18-19,21,24-26,28-29,39,42,45,48,50,53,58-61,63-65,67,69-71,73-74H,4-8,10-11,13-14,17,20,22-23,27,30-38,40-41,43-44,46-47,49,51-52,54-57H2,1-3H3,(H,68,75)/b12-9+,18-15+,19-16-,24-21-,26-25-,29-28-,42-39-,48-45+,53-50+. The summed E-state index contributed by atoms with van der Waals surface area (Å²) in [6.45, 7) is 5.55. The maximum Gasteiger partial charge on any atom is 0.306 e. The lowest BCUT2D eigenvalue weighted by Gasteiger charge is -2.41. The van der Waals surface area contributed by atoms with Gasteiger partial charge in [0.05, 0.1) is 25.4 Å². The molecule has 1 aliphatic heterocycles. The number of esters is 1. The average Bonchev–Trinajstić information content (AvgIpc) is 3.45. The van der Waals surface area contributed by atoms with Gasteiger partial charge in [-0.2, -0.15) is 0 Å². The minimum Gasteiger partial charge on any atom is -0.454 e. The Morgan fingerprint density at radius 1 is 0.526 bits per heavy atom. The van der Waals surface area contributed by atoms with Gasteiger partial charge in [0, 0.05) is 6.42 Å². The molecule has 1 fully saturated rings. The molecule has 1 aliphatic rings. The van der Waals surface area contributed by atoms with Crippen molar-refractivity contribution in [3.63, 3.8) is 0 Å². The molecule has 78 heavy (non-hydrogen) atoms. The third kappa shape index (κ3) is 41.3. The molecule has 0 bridgehead atoms. The SMILES string of the molecule is CC/C=C/C=C/C=C\C=C/C=C/CCC(O)C(=O)NC(COC1OC(CO)C(O)C(O)C1OC(=O)CCCCCCCCCCCCCC/C=C\C/C=C\C/C=C\CCCCC)C(O)/C=C/CCCCCCCCCCCC. The maximum absolute atomic E-state index is 13.3. The summed E-state index contributed by atoms with van der Waals surface area (Å²) < 4.78 is 17.6. The van der Waals surface area contributed by atoms with E-state index in [1.807, 2.05) is 60.8 Å². The van der Waals surface area contributed by atoms with Crippen molar-refractivity contribution in [2.45, 2.75) is 288 Å². The molecule has 11 nitrogen and oxygen atoms in total. The second-order valence-electron chi connectivity index (χ2n) is 21.2. The van der Waals surface area contributed by atoms with Gasteiger partial charge in [-0.3, -0.25) is 9.59 Å². The smallest absolute Gasteiger partial charge is 0.306 e. The fraction of sp³-hybridized carbons (Fsp3) is 0.701. The van der Waals surface area contributed by atoms with E-state index in [1.165, 1.54) is 122 Å². The predicted octanol–water partition coefficient (Wildman–Crippen LogP) is 14.9. The number of carbonyl (C=O) groups is 2. The summed E-state index contributed by atoms with van der Waals surface area (Å²) in [6.07, 6.45) is 63.0. The molecule has 1 saturated heterocycles. The largest absolute Gasteiger partial charge is 0.454 e. The first-order chi connectivity index (χ1) is 38.2. The number of carbonyl (C=O) groups excluding carboxylic acids is 2. The van der Waals surface area contributed by atoms with Gasteiger partial charge >= 0.3 is 5.97 Å². The number of unbranched alkanes of at least 4 members (excludes halogenated alkanes) is 25. The number of hydrogen-bond donors (Lipinski definition) is 6. The van der Waals surface area contributed by atoms with Gasteiger partial charge in [0.25, 0.3) is 0 Å². The van der Waals surface area contributed by atoms with Gasteiger partial charge in [-0.1, -0.05) is 265 Å². The van der Waals surface area contributed by atoms with Gasteiger partial charge in [0.2, 0.25) is 5.91 Å². The van der Waals surface area contributed by atoms with E-state index < -0.39 is 67.4 Å². The molecule has 11 heteroatoms. The molecule has 8 atom stereocenters. The fourth-order valence-corrected chi connectivity index (χ4v) is 9.10. The number of aliphatic hydroxyl groups excluding tert-OH is 5. The van der Waals surface area contributed by atoms with E-state index >= 15 is 0 Å². The highest BCUT2D eigenvalue weighted by atomic mass is 16.7. The van der Waals surface area contributed by atoms with Gasteiger partial charge in [0.1, 0.15) is 24.4 Å². The number of ether oxygens (including phenoxy) is 3. The third-order valence-electron chi connectivity index (χ3n) is 14.0. The Kier molecular flexibility index (Phi) is 50.0. The highest BCUT2D eigenvalue weighted by molar-refractivity contribution is 5.80. The highest BCUT2D eigenvalue weighted by Crippen LogP contribution is 2.26. The van der Waals surface area contributed by atoms with Crippen LogP contribution in [0.25, 0.3) is 0 Å². The zero-order chi connectivity index (χ0) is 56.8. The van der Waals surface area contributed by atoms with E-state index in [-0.39, 0.29) is 19.4 Å². The number of hydrogen-bond acceptors (Lipinski definition) is 10. The summed E-state index contributed by atoms with van der Waals surface area (Å²) in [7, 11) is 0. The predicted molar refractivity (Wildman–Crippen MR) is 324 cm³/mol. The second-order valence-corrected chi connectivity index (χ2v) is 21.2. The molecule has 446 valence electrons. The van der Waals surface area contributed by atoms with Crippen molar-refractivity contribution in [3.8, 4) is 0 Å². The summed E-state index contributed by atoms with van der Waals surface area (Å²) >= 11 is 0. The Morgan fingerprint density at radius 3 is 1.50 bits per heavy atom. The summed E-state index contributed by atoms with van der Waals surface area (Å²) in [5.41, 5.74) is 0. The summed E-state index contributed by atoms with van der Waals surface area (Å²) in [4.78, 5) is 26.5. The molecule has 6 N–H and O–H groups in total. The number of rotatable bonds is 51. The lowest BCUT2D eigenvalue weighted by atomic mass is 9.99. The van der Waals surface area contributed by atoms with E-state index in [0.29, 0.717) is 12.8 Å². The molecule has 0 spiro atoms. The maximum atomic E-state index is 13.3. The molecule has 0 aromatic rings. The molecule has 0 radical (unpaired) electrons. The topological polar surface area (TPSA) is 175 Å². The van der Waals surface area contributed by atoms with Crippen LogP contribution in [-0.2, 0) is 23.8 Å². The van der Waals surface area contributed by atoms with E-state index in [2.05, 4.69) is 68.6 Å². The van der Waals surface area contributed by atoms with Crippen LogP contribution in [0.1, 0.15) is 239 Å². The van der Waals surface area contributed by atoms with Crippen molar-refractivity contribution >= 4 is 11.9 Å². The Balaban J connectivity index is 2.63. The van der Waals surface area contributed by atoms with Gasteiger partial charge in [-0.15, -0.1) is 0 Å². The van der Waals surface area contributed by atoms with Crippen LogP contribution in [0.2, 0.25) is 0 Å². The molecule has 1 heterocycles. The lowest BCUT2D eigenvalue weighted by Crippen LogP contribution is -2.61. The van der Waals surface area contributed by atoms with E-state index in [4.69, 9.17) is 14.2 Å². The quantitative estimate of drug-likeness (QED) is 0.0149. The Bertz CT molecular complexity index is 1680. The monoisotopic (exact) mass is 1090 g/mol. The molecular weight excluding hydrogens is 979 g/mol. The second kappa shape index (κ2) is 53.9. The van der Waals surface area contributed by atoms with Crippen LogP contribution in [0.3, 0.4) is 0 Å². The summed E-state index contributed by atoms with van der Waals surface area (Å²) in [5.74, 6) is -1.28. The van der Waals surface area contributed by atoms with E-state index in [0.717, 1.165) is 70.6 Å². The number of nitrogens with one attached hydrogen (secondary N) is 1. The van der Waals surface area contributed by atoms with Crippen molar-refractivity contribution < 1.29 is 49.3 Å². The number of aliphatic hydroxyl groups is 5. The summed E-state index contributed by atoms with van der Waals surface area (Å²) in [5, 5.41) is 56.8. The van der Waals surface area contributed by atoms with Crippen LogP contribution in [0.15, 0.2) is 109 Å². The van der Waals surface area contributed by atoms with Crippen molar-refractivity contribution in [2.75, 3.05) is 13.2 Å². The van der Waals surface area contributed by atoms with Gasteiger partial charge in [-0.25, -0.2) is 0 Å². The van der Waals surface area contributed by atoms with E-state index in [9.17, 15) is 35.1 Å². The van der Waals surface area contributed by atoms with Crippen LogP contribution in [0.4, 0.5) is 0 Å². The minimum atomic E-state index is -1.63. The molecule has 1 amide bonds. The van der Waals surface area contributed by atoms with Gasteiger partial charge < -0.3 is 45.1 Å². The van der Waals surface area contributed by atoms with Crippen LogP contribution in [0.5, 0.6) is 0 Å². The van der Waals surface area contributed by atoms with Crippen molar-refractivity contribution in [1.29, 1.82) is 0 Å². The zero-order valence-electron chi connectivity index (χ0n) is 49.2. The van der Waals surface area contributed by atoms with Crippen molar-refractivity contribution in [2.24, 2.45) is 0 Å². The minimum absolute atomic E-state index is 0.107. The molecule has 0 saturated carbocycles. The Labute approximate surface area is 475 Å². The van der Waals surface area contributed by atoms with Crippen LogP contribution in [-0.4, -0.2) is 99.6 Å². The van der Waals surface area contributed by atoms with Crippen molar-refractivity contribution in [1.82, 2.24) is 5.32 Å². The molecule has 1 rings (SSSR count). The summed E-state index contributed by atoms with van der Waals surface area (Å²) in [6, 6.07) is -1.07.